The molecule has 1 aromatic rings. The van der Waals surface area contributed by atoms with Gasteiger partial charge in [-0.25, -0.2) is 0 Å². The summed E-state index contributed by atoms with van der Waals surface area (Å²) in [5, 5.41) is 8.45. The highest BCUT2D eigenvalue weighted by atomic mass is 15.3. The van der Waals surface area contributed by atoms with Crippen molar-refractivity contribution < 1.29 is 0 Å². The van der Waals surface area contributed by atoms with Gasteiger partial charge in [0.1, 0.15) is 0 Å². The van der Waals surface area contributed by atoms with Gasteiger partial charge in [-0.3, -0.25) is 4.68 Å². The van der Waals surface area contributed by atoms with Crippen molar-refractivity contribution >= 4 is 0 Å². The highest BCUT2D eigenvalue weighted by Gasteiger charge is 2.12. The SMILES string of the molecule is CCCCC(Cc1ccn(C(CC)CC)n1)NCCC. The predicted molar refractivity (Wildman–Crippen MR) is 87.2 cm³/mol. The van der Waals surface area contributed by atoms with Gasteiger partial charge in [0, 0.05) is 18.7 Å². The monoisotopic (exact) mass is 279 g/mol. The third-order valence-corrected chi connectivity index (χ3v) is 4.02. The summed E-state index contributed by atoms with van der Waals surface area (Å²) >= 11 is 0. The van der Waals surface area contributed by atoms with Crippen molar-refractivity contribution in [1.82, 2.24) is 15.1 Å². The minimum Gasteiger partial charge on any atom is -0.314 e. The van der Waals surface area contributed by atoms with Gasteiger partial charge in [-0.2, -0.15) is 5.10 Å². The van der Waals surface area contributed by atoms with Crippen LogP contribution < -0.4 is 5.32 Å². The topological polar surface area (TPSA) is 29.9 Å². The molecule has 3 heteroatoms. The Balaban J connectivity index is 2.58. The first-order valence-corrected chi connectivity index (χ1v) is 8.52. The molecule has 0 saturated heterocycles. The Hall–Kier alpha value is -0.830. The maximum Gasteiger partial charge on any atom is 0.0640 e. The van der Waals surface area contributed by atoms with Crippen molar-refractivity contribution in [2.24, 2.45) is 0 Å². The molecule has 20 heavy (non-hydrogen) atoms. The van der Waals surface area contributed by atoms with Gasteiger partial charge in [0.2, 0.25) is 0 Å². The summed E-state index contributed by atoms with van der Waals surface area (Å²) in [6.07, 6.45) is 10.6. The van der Waals surface area contributed by atoms with E-state index in [0.29, 0.717) is 12.1 Å². The molecule has 1 aromatic heterocycles. The third kappa shape index (κ3) is 5.66. The van der Waals surface area contributed by atoms with Crippen LogP contribution in [0.1, 0.15) is 78.0 Å². The second kappa shape index (κ2) is 9.98. The van der Waals surface area contributed by atoms with E-state index in [9.17, 15) is 0 Å². The molecule has 116 valence electrons. The molecule has 0 fully saturated rings. The molecule has 0 aliphatic rings. The lowest BCUT2D eigenvalue weighted by Crippen LogP contribution is -2.32. The lowest BCUT2D eigenvalue weighted by atomic mass is 10.0. The van der Waals surface area contributed by atoms with Gasteiger partial charge in [0.15, 0.2) is 0 Å². The second-order valence-corrected chi connectivity index (χ2v) is 5.75. The van der Waals surface area contributed by atoms with Crippen LogP contribution in [0.2, 0.25) is 0 Å². The Labute approximate surface area is 125 Å². The molecule has 0 radical (unpaired) electrons. The number of nitrogens with one attached hydrogen (secondary N) is 1. The van der Waals surface area contributed by atoms with E-state index in [4.69, 9.17) is 5.10 Å². The van der Waals surface area contributed by atoms with Crippen LogP contribution in [0.15, 0.2) is 12.3 Å². The summed E-state index contributed by atoms with van der Waals surface area (Å²) in [6, 6.07) is 3.34. The Bertz CT molecular complexity index is 334. The average molecular weight is 279 g/mol. The zero-order valence-electron chi connectivity index (χ0n) is 13.9. The molecule has 0 amide bonds. The highest BCUT2D eigenvalue weighted by Crippen LogP contribution is 2.15. The van der Waals surface area contributed by atoms with Gasteiger partial charge in [-0.15, -0.1) is 0 Å². The van der Waals surface area contributed by atoms with E-state index in [2.05, 4.69) is 50.0 Å². The van der Waals surface area contributed by atoms with E-state index in [1.807, 2.05) is 0 Å². The van der Waals surface area contributed by atoms with Crippen LogP contribution in [0.25, 0.3) is 0 Å². The number of rotatable bonds is 11. The summed E-state index contributed by atoms with van der Waals surface area (Å²) in [5.74, 6) is 0. The quantitative estimate of drug-likeness (QED) is 0.653. The largest absolute Gasteiger partial charge is 0.314 e. The van der Waals surface area contributed by atoms with E-state index in [-0.39, 0.29) is 0 Å². The molecular weight excluding hydrogens is 246 g/mol. The predicted octanol–water partition coefficient (Wildman–Crippen LogP) is 4.35. The van der Waals surface area contributed by atoms with Crippen LogP contribution >= 0.6 is 0 Å². The van der Waals surface area contributed by atoms with Crippen LogP contribution in [-0.4, -0.2) is 22.4 Å². The molecule has 0 aromatic carbocycles. The molecule has 1 unspecified atom stereocenters. The number of hydrogen-bond acceptors (Lipinski definition) is 2. The maximum atomic E-state index is 4.78. The molecule has 0 aliphatic carbocycles. The standard InChI is InChI=1S/C17H33N3/c1-5-9-10-15(18-12-6-2)14-16-11-13-20(19-16)17(7-3)8-4/h11,13,15,17-18H,5-10,12,14H2,1-4H3. The molecular formula is C17H33N3. The summed E-state index contributed by atoms with van der Waals surface area (Å²) < 4.78 is 2.16. The zero-order chi connectivity index (χ0) is 14.8. The Kier molecular flexibility index (Phi) is 8.59. The van der Waals surface area contributed by atoms with Gasteiger partial charge < -0.3 is 5.32 Å². The molecule has 1 heterocycles. The van der Waals surface area contributed by atoms with E-state index in [0.717, 1.165) is 25.8 Å². The minimum atomic E-state index is 0.557. The van der Waals surface area contributed by atoms with E-state index in [1.54, 1.807) is 0 Å². The zero-order valence-corrected chi connectivity index (χ0v) is 13.9. The molecule has 0 spiro atoms. The van der Waals surface area contributed by atoms with Crippen LogP contribution in [0, 0.1) is 0 Å². The molecule has 3 nitrogen and oxygen atoms in total. The second-order valence-electron chi connectivity index (χ2n) is 5.75. The first kappa shape index (κ1) is 17.2. The summed E-state index contributed by atoms with van der Waals surface area (Å²) in [5.41, 5.74) is 1.24. The highest BCUT2D eigenvalue weighted by molar-refractivity contribution is 5.02. The van der Waals surface area contributed by atoms with E-state index in [1.165, 1.54) is 31.4 Å². The van der Waals surface area contributed by atoms with E-state index >= 15 is 0 Å². The fourth-order valence-corrected chi connectivity index (χ4v) is 2.68. The third-order valence-electron chi connectivity index (χ3n) is 4.02. The lowest BCUT2D eigenvalue weighted by Gasteiger charge is -2.17. The fraction of sp³-hybridized carbons (Fsp3) is 0.824. The average Bonchev–Trinajstić information content (AvgIpc) is 2.91. The van der Waals surface area contributed by atoms with Crippen LogP contribution in [0.4, 0.5) is 0 Å². The lowest BCUT2D eigenvalue weighted by molar-refractivity contribution is 0.417. The van der Waals surface area contributed by atoms with Crippen LogP contribution in [0.5, 0.6) is 0 Å². The molecule has 1 rings (SSSR count). The fourth-order valence-electron chi connectivity index (χ4n) is 2.68. The van der Waals surface area contributed by atoms with Crippen molar-refractivity contribution in [3.05, 3.63) is 18.0 Å². The first-order chi connectivity index (χ1) is 9.74. The Morgan fingerprint density at radius 1 is 1.15 bits per heavy atom. The molecule has 1 atom stereocenters. The minimum absolute atomic E-state index is 0.557. The first-order valence-electron chi connectivity index (χ1n) is 8.52. The molecule has 0 bridgehead atoms. The smallest absolute Gasteiger partial charge is 0.0640 e. The van der Waals surface area contributed by atoms with Crippen molar-refractivity contribution in [2.45, 2.75) is 84.7 Å². The van der Waals surface area contributed by atoms with Crippen LogP contribution in [0.3, 0.4) is 0 Å². The molecule has 1 N–H and O–H groups in total. The van der Waals surface area contributed by atoms with Gasteiger partial charge in [0.25, 0.3) is 0 Å². The summed E-state index contributed by atoms with van der Waals surface area (Å²) in [6.45, 7) is 10.1. The maximum absolute atomic E-state index is 4.78. The van der Waals surface area contributed by atoms with E-state index < -0.39 is 0 Å². The number of unbranched alkanes of at least 4 members (excludes halogenated alkanes) is 1. The van der Waals surface area contributed by atoms with Crippen molar-refractivity contribution in [2.75, 3.05) is 6.54 Å². The van der Waals surface area contributed by atoms with Crippen molar-refractivity contribution in [3.8, 4) is 0 Å². The molecule has 0 saturated carbocycles. The number of nitrogens with zero attached hydrogens (tertiary/aromatic N) is 2. The van der Waals surface area contributed by atoms with Gasteiger partial charge in [-0.1, -0.05) is 40.5 Å². The van der Waals surface area contributed by atoms with Gasteiger partial charge >= 0.3 is 0 Å². The number of aromatic nitrogens is 2. The van der Waals surface area contributed by atoms with Crippen LogP contribution in [-0.2, 0) is 6.42 Å². The normalized spacial score (nSPS) is 13.1. The van der Waals surface area contributed by atoms with Gasteiger partial charge in [-0.05, 0) is 38.3 Å². The van der Waals surface area contributed by atoms with Gasteiger partial charge in [0.05, 0.1) is 11.7 Å². The summed E-state index contributed by atoms with van der Waals surface area (Å²) in [7, 11) is 0. The Morgan fingerprint density at radius 2 is 1.90 bits per heavy atom. The summed E-state index contributed by atoms with van der Waals surface area (Å²) in [4.78, 5) is 0. The molecule has 0 aliphatic heterocycles. The Morgan fingerprint density at radius 3 is 2.50 bits per heavy atom. The number of hydrogen-bond donors (Lipinski definition) is 1. The van der Waals surface area contributed by atoms with Crippen molar-refractivity contribution in [3.63, 3.8) is 0 Å². The van der Waals surface area contributed by atoms with Crippen molar-refractivity contribution in [1.29, 1.82) is 0 Å².